The molecule has 0 aliphatic carbocycles. The van der Waals surface area contributed by atoms with Gasteiger partial charge in [-0.25, -0.2) is 0 Å². The number of halogens is 1. The Morgan fingerprint density at radius 2 is 1.71 bits per heavy atom. The molecule has 0 aliphatic rings. The molecule has 0 aliphatic heterocycles. The predicted molar refractivity (Wildman–Crippen MR) is 88.9 cm³/mol. The minimum absolute atomic E-state index is 0.100. The number of methoxy groups -OCH3 is 1. The lowest BCUT2D eigenvalue weighted by Crippen LogP contribution is -2.26. The monoisotopic (exact) mass is 347 g/mol. The van der Waals surface area contributed by atoms with Gasteiger partial charge >= 0.3 is 0 Å². The lowest BCUT2D eigenvalue weighted by atomic mass is 10.1. The Hall–Kier alpha value is -1.81. The van der Waals surface area contributed by atoms with Crippen LogP contribution in [-0.4, -0.2) is 20.1 Å². The highest BCUT2D eigenvalue weighted by Crippen LogP contribution is 2.19. The van der Waals surface area contributed by atoms with Crippen LogP contribution in [0.5, 0.6) is 5.75 Å². The third-order valence-corrected chi connectivity index (χ3v) is 3.90. The van der Waals surface area contributed by atoms with E-state index in [1.165, 1.54) is 0 Å². The highest BCUT2D eigenvalue weighted by Gasteiger charge is 2.11. The van der Waals surface area contributed by atoms with Crippen LogP contribution in [0.25, 0.3) is 0 Å². The second-order valence-corrected chi connectivity index (χ2v) is 5.69. The first-order chi connectivity index (χ1) is 10.1. The quantitative estimate of drug-likeness (QED) is 0.816. The molecule has 0 atom stereocenters. The van der Waals surface area contributed by atoms with Gasteiger partial charge in [0, 0.05) is 23.6 Å². The molecule has 0 saturated carbocycles. The van der Waals surface area contributed by atoms with Crippen molar-refractivity contribution in [2.45, 2.75) is 12.8 Å². The van der Waals surface area contributed by atoms with Crippen molar-refractivity contribution < 1.29 is 9.53 Å². The molecule has 0 unspecified atom stereocenters. The van der Waals surface area contributed by atoms with E-state index in [4.69, 9.17) is 4.74 Å². The number of carbonyl (C=O) groups excluding carboxylic acids is 1. The first-order valence-electron chi connectivity index (χ1n) is 6.75. The van der Waals surface area contributed by atoms with E-state index in [1.807, 2.05) is 48.5 Å². The number of nitrogens with zero attached hydrogens (tertiary/aromatic N) is 1. The SMILES string of the molecule is COc1ccc(N(C)C(=O)CCc2ccc(Br)cc2)cc1. The minimum atomic E-state index is 0.100. The average molecular weight is 348 g/mol. The van der Waals surface area contributed by atoms with Gasteiger partial charge < -0.3 is 9.64 Å². The van der Waals surface area contributed by atoms with Crippen LogP contribution in [0, 0.1) is 0 Å². The van der Waals surface area contributed by atoms with Crippen molar-refractivity contribution in [3.63, 3.8) is 0 Å². The van der Waals surface area contributed by atoms with Crippen molar-refractivity contribution in [2.24, 2.45) is 0 Å². The second-order valence-electron chi connectivity index (χ2n) is 4.78. The second kappa shape index (κ2) is 7.27. The Bertz CT molecular complexity index is 593. The minimum Gasteiger partial charge on any atom is -0.497 e. The van der Waals surface area contributed by atoms with Crippen molar-refractivity contribution in [3.8, 4) is 5.75 Å². The maximum absolute atomic E-state index is 12.2. The molecular formula is C17H18BrNO2. The zero-order valence-electron chi connectivity index (χ0n) is 12.2. The summed E-state index contributed by atoms with van der Waals surface area (Å²) in [6.45, 7) is 0. The molecule has 0 saturated heterocycles. The number of anilines is 1. The van der Waals surface area contributed by atoms with Gasteiger partial charge in [-0.2, -0.15) is 0 Å². The molecule has 2 rings (SSSR count). The standard InChI is InChI=1S/C17H18BrNO2/c1-19(15-8-10-16(21-2)11-9-15)17(20)12-5-13-3-6-14(18)7-4-13/h3-4,6-11H,5,12H2,1-2H3. The first kappa shape index (κ1) is 15.6. The van der Waals surface area contributed by atoms with E-state index in [-0.39, 0.29) is 5.91 Å². The van der Waals surface area contributed by atoms with E-state index in [1.54, 1.807) is 19.1 Å². The van der Waals surface area contributed by atoms with E-state index in [2.05, 4.69) is 15.9 Å². The summed E-state index contributed by atoms with van der Waals surface area (Å²) in [5, 5.41) is 0. The number of hydrogen-bond acceptors (Lipinski definition) is 2. The number of rotatable bonds is 5. The summed E-state index contributed by atoms with van der Waals surface area (Å²) in [7, 11) is 3.42. The Kier molecular flexibility index (Phi) is 5.39. The van der Waals surface area contributed by atoms with Crippen LogP contribution in [-0.2, 0) is 11.2 Å². The molecule has 0 radical (unpaired) electrons. The first-order valence-corrected chi connectivity index (χ1v) is 7.54. The fourth-order valence-corrected chi connectivity index (χ4v) is 2.28. The van der Waals surface area contributed by atoms with Gasteiger partial charge in [-0.15, -0.1) is 0 Å². The van der Waals surface area contributed by atoms with Crippen molar-refractivity contribution in [3.05, 3.63) is 58.6 Å². The fourth-order valence-electron chi connectivity index (χ4n) is 2.02. The summed E-state index contributed by atoms with van der Waals surface area (Å²) in [6, 6.07) is 15.5. The molecular weight excluding hydrogens is 330 g/mol. The highest BCUT2D eigenvalue weighted by atomic mass is 79.9. The lowest BCUT2D eigenvalue weighted by molar-refractivity contribution is -0.118. The van der Waals surface area contributed by atoms with E-state index < -0.39 is 0 Å². The van der Waals surface area contributed by atoms with Crippen LogP contribution in [0.2, 0.25) is 0 Å². The molecule has 21 heavy (non-hydrogen) atoms. The van der Waals surface area contributed by atoms with Gasteiger partial charge in [0.15, 0.2) is 0 Å². The third-order valence-electron chi connectivity index (χ3n) is 3.37. The van der Waals surface area contributed by atoms with Crippen LogP contribution < -0.4 is 9.64 Å². The number of hydrogen-bond donors (Lipinski definition) is 0. The number of carbonyl (C=O) groups is 1. The molecule has 0 N–H and O–H groups in total. The third kappa shape index (κ3) is 4.33. The molecule has 0 heterocycles. The normalized spacial score (nSPS) is 10.2. The molecule has 0 fully saturated rings. The van der Waals surface area contributed by atoms with Crippen LogP contribution in [0.3, 0.4) is 0 Å². The van der Waals surface area contributed by atoms with Crippen molar-refractivity contribution in [1.82, 2.24) is 0 Å². The Balaban J connectivity index is 1.93. The maximum Gasteiger partial charge on any atom is 0.227 e. The summed E-state index contributed by atoms with van der Waals surface area (Å²) in [5.74, 6) is 0.887. The molecule has 2 aromatic carbocycles. The number of benzene rings is 2. The zero-order valence-corrected chi connectivity index (χ0v) is 13.8. The van der Waals surface area contributed by atoms with E-state index >= 15 is 0 Å². The van der Waals surface area contributed by atoms with E-state index in [0.29, 0.717) is 6.42 Å². The van der Waals surface area contributed by atoms with Gasteiger partial charge in [0.25, 0.3) is 0 Å². The highest BCUT2D eigenvalue weighted by molar-refractivity contribution is 9.10. The summed E-state index contributed by atoms with van der Waals surface area (Å²) < 4.78 is 6.17. The largest absolute Gasteiger partial charge is 0.497 e. The molecule has 2 aromatic rings. The van der Waals surface area contributed by atoms with Crippen LogP contribution >= 0.6 is 15.9 Å². The topological polar surface area (TPSA) is 29.5 Å². The maximum atomic E-state index is 12.2. The summed E-state index contributed by atoms with van der Waals surface area (Å²) in [5.41, 5.74) is 2.03. The summed E-state index contributed by atoms with van der Waals surface area (Å²) >= 11 is 3.41. The molecule has 0 aromatic heterocycles. The van der Waals surface area contributed by atoms with Gasteiger partial charge in [0.1, 0.15) is 5.75 Å². The van der Waals surface area contributed by atoms with Gasteiger partial charge in [-0.05, 0) is 48.4 Å². The predicted octanol–water partition coefficient (Wildman–Crippen LogP) is 4.05. The van der Waals surface area contributed by atoms with Crippen LogP contribution in [0.1, 0.15) is 12.0 Å². The molecule has 0 spiro atoms. The average Bonchev–Trinajstić information content (AvgIpc) is 2.53. The van der Waals surface area contributed by atoms with E-state index in [9.17, 15) is 4.79 Å². The molecule has 1 amide bonds. The number of aryl methyl sites for hydroxylation is 1. The van der Waals surface area contributed by atoms with E-state index in [0.717, 1.165) is 27.9 Å². The van der Waals surface area contributed by atoms with Crippen molar-refractivity contribution >= 4 is 27.5 Å². The molecule has 3 nitrogen and oxygen atoms in total. The fraction of sp³-hybridized carbons (Fsp3) is 0.235. The molecule has 0 bridgehead atoms. The summed E-state index contributed by atoms with van der Waals surface area (Å²) in [4.78, 5) is 13.9. The van der Waals surface area contributed by atoms with Gasteiger partial charge in [0.05, 0.1) is 7.11 Å². The van der Waals surface area contributed by atoms with Crippen LogP contribution in [0.15, 0.2) is 53.0 Å². The summed E-state index contributed by atoms with van der Waals surface area (Å²) in [6.07, 6.45) is 1.23. The van der Waals surface area contributed by atoms with Crippen LogP contribution in [0.4, 0.5) is 5.69 Å². The Morgan fingerprint density at radius 1 is 1.10 bits per heavy atom. The number of ether oxygens (including phenoxy) is 1. The van der Waals surface area contributed by atoms with Gasteiger partial charge in [-0.1, -0.05) is 28.1 Å². The van der Waals surface area contributed by atoms with Crippen molar-refractivity contribution in [2.75, 3.05) is 19.1 Å². The Labute approximate surface area is 133 Å². The smallest absolute Gasteiger partial charge is 0.227 e. The van der Waals surface area contributed by atoms with Gasteiger partial charge in [0.2, 0.25) is 5.91 Å². The molecule has 4 heteroatoms. The Morgan fingerprint density at radius 3 is 2.29 bits per heavy atom. The molecule has 110 valence electrons. The number of amides is 1. The van der Waals surface area contributed by atoms with Crippen molar-refractivity contribution in [1.29, 1.82) is 0 Å². The lowest BCUT2D eigenvalue weighted by Gasteiger charge is -2.17. The van der Waals surface area contributed by atoms with Gasteiger partial charge in [-0.3, -0.25) is 4.79 Å². The zero-order chi connectivity index (χ0) is 15.2.